The molecule has 0 aliphatic carbocycles. The molecule has 0 amide bonds. The number of carboxylic acids is 1. The van der Waals surface area contributed by atoms with Crippen molar-refractivity contribution in [1.82, 2.24) is 5.16 Å². The quantitative estimate of drug-likeness (QED) is 0.699. The van der Waals surface area contributed by atoms with Gasteiger partial charge in [0.2, 0.25) is 0 Å². The topological polar surface area (TPSA) is 81.8 Å². The van der Waals surface area contributed by atoms with Gasteiger partial charge in [-0.15, -0.1) is 11.3 Å². The second-order valence-electron chi connectivity index (χ2n) is 4.74. The van der Waals surface area contributed by atoms with E-state index in [1.807, 2.05) is 6.07 Å². The predicted molar refractivity (Wildman–Crippen MR) is 89.1 cm³/mol. The van der Waals surface area contributed by atoms with Crippen molar-refractivity contribution in [2.24, 2.45) is 0 Å². The molecule has 0 aliphatic heterocycles. The van der Waals surface area contributed by atoms with Crippen LogP contribution in [0.5, 0.6) is 11.5 Å². The minimum absolute atomic E-state index is 0.0459. The highest BCUT2D eigenvalue weighted by Crippen LogP contribution is 2.32. The molecule has 3 aromatic rings. The summed E-state index contributed by atoms with van der Waals surface area (Å²) in [4.78, 5) is 12.1. The molecular weight excluding hydrogens is 354 g/mol. The first-order valence-corrected chi connectivity index (χ1v) is 8.01. The molecule has 0 bridgehead atoms. The third-order valence-electron chi connectivity index (χ3n) is 3.17. The minimum atomic E-state index is -1.08. The highest BCUT2D eigenvalue weighted by Gasteiger charge is 2.14. The van der Waals surface area contributed by atoms with Crippen molar-refractivity contribution in [3.05, 3.63) is 52.0 Å². The van der Waals surface area contributed by atoms with Crippen LogP contribution >= 0.6 is 22.9 Å². The first-order valence-electron chi connectivity index (χ1n) is 6.82. The van der Waals surface area contributed by atoms with Gasteiger partial charge in [-0.25, -0.2) is 4.79 Å². The molecule has 2 aromatic heterocycles. The summed E-state index contributed by atoms with van der Waals surface area (Å²) in [6.07, 6.45) is 0. The highest BCUT2D eigenvalue weighted by molar-refractivity contribution is 7.19. The third-order valence-corrected chi connectivity index (χ3v) is 4.42. The summed E-state index contributed by atoms with van der Waals surface area (Å²) in [5, 5.41) is 13.1. The Morgan fingerprint density at radius 1 is 1.33 bits per heavy atom. The molecule has 0 aliphatic rings. The van der Waals surface area contributed by atoms with Crippen molar-refractivity contribution in [2.75, 3.05) is 7.11 Å². The van der Waals surface area contributed by atoms with E-state index < -0.39 is 5.97 Å². The number of hydrogen-bond donors (Lipinski definition) is 1. The van der Waals surface area contributed by atoms with Crippen molar-refractivity contribution >= 4 is 28.9 Å². The normalized spacial score (nSPS) is 10.6. The van der Waals surface area contributed by atoms with Crippen molar-refractivity contribution in [2.45, 2.75) is 6.61 Å². The maximum Gasteiger partial charge on any atom is 0.339 e. The van der Waals surface area contributed by atoms with Crippen LogP contribution in [0.25, 0.3) is 10.6 Å². The Hall–Kier alpha value is -2.51. The Labute approximate surface area is 146 Å². The van der Waals surface area contributed by atoms with Gasteiger partial charge < -0.3 is 19.1 Å². The Morgan fingerprint density at radius 3 is 2.83 bits per heavy atom. The zero-order valence-corrected chi connectivity index (χ0v) is 14.1. The van der Waals surface area contributed by atoms with Gasteiger partial charge in [0.25, 0.3) is 0 Å². The van der Waals surface area contributed by atoms with Gasteiger partial charge in [-0.2, -0.15) is 0 Å². The fourth-order valence-corrected chi connectivity index (χ4v) is 3.01. The molecule has 8 heteroatoms. The van der Waals surface area contributed by atoms with Gasteiger partial charge in [0.15, 0.2) is 5.76 Å². The van der Waals surface area contributed by atoms with Gasteiger partial charge in [0, 0.05) is 12.1 Å². The maximum atomic E-state index is 11.3. The van der Waals surface area contributed by atoms with Crippen LogP contribution in [0.1, 0.15) is 16.1 Å². The molecule has 2 heterocycles. The van der Waals surface area contributed by atoms with Crippen LogP contribution in [0, 0.1) is 0 Å². The first-order chi connectivity index (χ1) is 11.6. The van der Waals surface area contributed by atoms with Crippen LogP contribution in [0.15, 0.2) is 40.9 Å². The lowest BCUT2D eigenvalue weighted by atomic mass is 10.2. The summed E-state index contributed by atoms with van der Waals surface area (Å²) in [5.41, 5.74) is 0.582. The zero-order chi connectivity index (χ0) is 17.1. The molecule has 0 saturated carbocycles. The molecule has 124 valence electrons. The first kappa shape index (κ1) is 16.4. The van der Waals surface area contributed by atoms with E-state index in [1.54, 1.807) is 18.2 Å². The van der Waals surface area contributed by atoms with E-state index >= 15 is 0 Å². The molecular formula is C16H12ClNO5S. The highest BCUT2D eigenvalue weighted by atomic mass is 35.5. The van der Waals surface area contributed by atoms with Gasteiger partial charge >= 0.3 is 5.97 Å². The van der Waals surface area contributed by atoms with E-state index in [9.17, 15) is 9.90 Å². The number of aromatic nitrogens is 1. The smallest absolute Gasteiger partial charge is 0.339 e. The van der Waals surface area contributed by atoms with E-state index in [2.05, 4.69) is 5.16 Å². The van der Waals surface area contributed by atoms with E-state index in [1.165, 1.54) is 30.6 Å². The maximum absolute atomic E-state index is 11.3. The molecule has 24 heavy (non-hydrogen) atoms. The predicted octanol–water partition coefficient (Wildman–Crippen LogP) is 4.34. The van der Waals surface area contributed by atoms with Gasteiger partial charge in [0.1, 0.15) is 29.4 Å². The number of hydrogen-bond acceptors (Lipinski definition) is 6. The zero-order valence-electron chi connectivity index (χ0n) is 12.5. The van der Waals surface area contributed by atoms with Crippen LogP contribution < -0.4 is 9.47 Å². The number of rotatable bonds is 6. The van der Waals surface area contributed by atoms with E-state index in [0.717, 1.165) is 4.88 Å². The molecule has 3 rings (SSSR count). The summed E-state index contributed by atoms with van der Waals surface area (Å²) in [6, 6.07) is 9.84. The summed E-state index contributed by atoms with van der Waals surface area (Å²) in [5.74, 6) is 0.200. The number of carbonyl (C=O) groups is 1. The second kappa shape index (κ2) is 6.94. The van der Waals surface area contributed by atoms with Crippen LogP contribution in [0.3, 0.4) is 0 Å². The van der Waals surface area contributed by atoms with Crippen molar-refractivity contribution in [3.8, 4) is 22.1 Å². The van der Waals surface area contributed by atoms with E-state index in [0.29, 0.717) is 21.5 Å². The molecule has 1 aromatic carbocycles. The number of thiophene rings is 1. The molecule has 0 unspecified atom stereocenters. The lowest BCUT2D eigenvalue weighted by Gasteiger charge is -2.09. The SMILES string of the molecule is COc1ccc(C(=O)O)c(OCc2cc(-c3ccc(Cl)s3)on2)c1. The van der Waals surface area contributed by atoms with Crippen LogP contribution in [-0.2, 0) is 6.61 Å². The minimum Gasteiger partial charge on any atom is -0.497 e. The summed E-state index contributed by atoms with van der Waals surface area (Å²) in [7, 11) is 1.50. The van der Waals surface area contributed by atoms with Gasteiger partial charge in [-0.1, -0.05) is 16.8 Å². The third kappa shape index (κ3) is 3.52. The molecule has 0 atom stereocenters. The van der Waals surface area contributed by atoms with E-state index in [-0.39, 0.29) is 17.9 Å². The average Bonchev–Trinajstić information content (AvgIpc) is 3.21. The Balaban J connectivity index is 1.76. The second-order valence-corrected chi connectivity index (χ2v) is 6.46. The average molecular weight is 366 g/mol. The van der Waals surface area contributed by atoms with Gasteiger partial charge in [0.05, 0.1) is 16.3 Å². The fraction of sp³-hybridized carbons (Fsp3) is 0.125. The molecule has 0 fully saturated rings. The fourth-order valence-electron chi connectivity index (χ4n) is 2.02. The van der Waals surface area contributed by atoms with Crippen molar-refractivity contribution in [3.63, 3.8) is 0 Å². The van der Waals surface area contributed by atoms with Gasteiger partial charge in [-0.3, -0.25) is 0 Å². The Bertz CT molecular complexity index is 873. The number of carboxylic acid groups (broad SMARTS) is 1. The number of ether oxygens (including phenoxy) is 2. The molecule has 1 N–H and O–H groups in total. The summed E-state index contributed by atoms with van der Waals surface area (Å²) < 4.78 is 16.6. The number of halogens is 1. The molecule has 6 nitrogen and oxygen atoms in total. The Morgan fingerprint density at radius 2 is 2.17 bits per heavy atom. The largest absolute Gasteiger partial charge is 0.497 e. The molecule has 0 radical (unpaired) electrons. The summed E-state index contributed by atoms with van der Waals surface area (Å²) in [6.45, 7) is 0.0655. The monoisotopic (exact) mass is 365 g/mol. The Kier molecular flexibility index (Phi) is 4.73. The number of benzene rings is 1. The molecule has 0 saturated heterocycles. The van der Waals surface area contributed by atoms with Gasteiger partial charge in [-0.05, 0) is 24.3 Å². The van der Waals surface area contributed by atoms with E-state index in [4.69, 9.17) is 25.6 Å². The lowest BCUT2D eigenvalue weighted by Crippen LogP contribution is -2.04. The number of aromatic carboxylic acids is 1. The van der Waals surface area contributed by atoms with Crippen molar-refractivity contribution in [1.29, 1.82) is 0 Å². The van der Waals surface area contributed by atoms with Crippen LogP contribution in [0.4, 0.5) is 0 Å². The van der Waals surface area contributed by atoms with Crippen LogP contribution in [-0.4, -0.2) is 23.3 Å². The number of nitrogens with zero attached hydrogens (tertiary/aromatic N) is 1. The molecule has 0 spiro atoms. The van der Waals surface area contributed by atoms with Crippen molar-refractivity contribution < 1.29 is 23.9 Å². The number of methoxy groups -OCH3 is 1. The summed E-state index contributed by atoms with van der Waals surface area (Å²) >= 11 is 7.27. The standard InChI is InChI=1S/C16H12ClNO5S/c1-21-10-2-3-11(16(19)20)12(7-10)22-8-9-6-13(23-18-9)14-4-5-15(17)24-14/h2-7H,8H2,1H3,(H,19,20). The van der Waals surface area contributed by atoms with Crippen LogP contribution in [0.2, 0.25) is 4.34 Å². The lowest BCUT2D eigenvalue weighted by molar-refractivity contribution is 0.0691.